The van der Waals surface area contributed by atoms with Crippen LogP contribution in [-0.2, 0) is 4.79 Å². The first-order chi connectivity index (χ1) is 10.2. The van der Waals surface area contributed by atoms with Crippen molar-refractivity contribution in [2.45, 2.75) is 5.38 Å². The highest BCUT2D eigenvalue weighted by Gasteiger charge is 2.25. The molecule has 0 spiro atoms. The summed E-state index contributed by atoms with van der Waals surface area (Å²) in [7, 11) is 0. The number of halogens is 1. The summed E-state index contributed by atoms with van der Waals surface area (Å²) in [5, 5.41) is 8.87. The van der Waals surface area contributed by atoms with Crippen LogP contribution < -0.4 is 0 Å². The Bertz CT molecular complexity index is 789. The molecule has 6 heteroatoms. The molecule has 0 saturated carbocycles. The van der Waals surface area contributed by atoms with E-state index < -0.39 is 5.91 Å². The summed E-state index contributed by atoms with van der Waals surface area (Å²) in [6.45, 7) is 0. The van der Waals surface area contributed by atoms with E-state index in [1.54, 1.807) is 30.4 Å². The quantitative estimate of drug-likeness (QED) is 0.622. The molecule has 0 N–H and O–H groups in total. The van der Waals surface area contributed by atoms with Crippen LogP contribution in [0.2, 0.25) is 0 Å². The van der Waals surface area contributed by atoms with Gasteiger partial charge < -0.3 is 4.42 Å². The van der Waals surface area contributed by atoms with Crippen molar-refractivity contribution in [2.75, 3.05) is 0 Å². The average molecular weight is 298 g/mol. The van der Waals surface area contributed by atoms with Gasteiger partial charge in [-0.25, -0.2) is 4.99 Å². The Morgan fingerprint density at radius 3 is 3.05 bits per heavy atom. The van der Waals surface area contributed by atoms with Crippen LogP contribution in [0, 0.1) is 11.3 Å². The number of rotatable bonds is 2. The standard InChI is InChI=1S/C15H8ClN3O2/c16-10-3-4-13-12(7-10)15(20)19-14(18-13)9(8-17)6-11-2-1-5-21-11/h1-7,10H/b9-6+. The zero-order chi connectivity index (χ0) is 14.8. The molecule has 1 atom stereocenters. The molecule has 1 aliphatic carbocycles. The maximum Gasteiger partial charge on any atom is 0.280 e. The molecule has 1 aromatic rings. The summed E-state index contributed by atoms with van der Waals surface area (Å²) >= 11 is 5.93. The summed E-state index contributed by atoms with van der Waals surface area (Å²) in [5.74, 6) is 0.109. The maximum absolute atomic E-state index is 12.0. The second-order valence-electron chi connectivity index (χ2n) is 4.31. The number of nitrogens with zero attached hydrogens (tertiary/aromatic N) is 3. The predicted octanol–water partition coefficient (Wildman–Crippen LogP) is 2.67. The third-order valence-electron chi connectivity index (χ3n) is 2.90. The van der Waals surface area contributed by atoms with Gasteiger partial charge in [-0.1, -0.05) is 6.08 Å². The molecule has 1 aliphatic heterocycles. The molecular weight excluding hydrogens is 290 g/mol. The minimum absolute atomic E-state index is 0.0729. The Balaban J connectivity index is 2.01. The van der Waals surface area contributed by atoms with Gasteiger partial charge in [0.15, 0.2) is 5.84 Å². The van der Waals surface area contributed by atoms with Crippen LogP contribution >= 0.6 is 11.6 Å². The normalized spacial score (nSPS) is 21.1. The Hall–Kier alpha value is -2.71. The SMILES string of the molecule is N#C/C(=C\c1ccco1)C1=NC(=O)C2=CC(Cl)C=CC2=N1. The van der Waals surface area contributed by atoms with Crippen molar-refractivity contribution < 1.29 is 9.21 Å². The largest absolute Gasteiger partial charge is 0.465 e. The Kier molecular flexibility index (Phi) is 3.38. The van der Waals surface area contributed by atoms with Gasteiger partial charge in [0.1, 0.15) is 17.4 Å². The van der Waals surface area contributed by atoms with E-state index in [4.69, 9.17) is 16.0 Å². The second kappa shape index (κ2) is 5.35. The highest BCUT2D eigenvalue weighted by Crippen LogP contribution is 2.21. The zero-order valence-electron chi connectivity index (χ0n) is 10.7. The lowest BCUT2D eigenvalue weighted by Crippen LogP contribution is -2.22. The highest BCUT2D eigenvalue weighted by molar-refractivity contribution is 6.37. The third-order valence-corrected chi connectivity index (χ3v) is 3.17. The van der Waals surface area contributed by atoms with Crippen molar-refractivity contribution in [3.05, 3.63) is 53.5 Å². The molecule has 21 heavy (non-hydrogen) atoms. The van der Waals surface area contributed by atoms with E-state index in [-0.39, 0.29) is 16.8 Å². The van der Waals surface area contributed by atoms with E-state index in [1.165, 1.54) is 12.3 Å². The van der Waals surface area contributed by atoms with Crippen molar-refractivity contribution in [2.24, 2.45) is 9.98 Å². The molecule has 5 nitrogen and oxygen atoms in total. The van der Waals surface area contributed by atoms with E-state index >= 15 is 0 Å². The van der Waals surface area contributed by atoms with Gasteiger partial charge in [0.2, 0.25) is 0 Å². The topological polar surface area (TPSA) is 78.7 Å². The van der Waals surface area contributed by atoms with Crippen molar-refractivity contribution >= 4 is 35.1 Å². The molecule has 2 aliphatic rings. The predicted molar refractivity (Wildman–Crippen MR) is 79.0 cm³/mol. The summed E-state index contributed by atoms with van der Waals surface area (Å²) in [6.07, 6.45) is 7.93. The molecule has 0 bridgehead atoms. The van der Waals surface area contributed by atoms with Crippen molar-refractivity contribution in [1.82, 2.24) is 0 Å². The van der Waals surface area contributed by atoms with Gasteiger partial charge in [0.25, 0.3) is 5.91 Å². The monoisotopic (exact) mass is 297 g/mol. The second-order valence-corrected chi connectivity index (χ2v) is 4.81. The van der Waals surface area contributed by atoms with Crippen molar-refractivity contribution in [1.29, 1.82) is 5.26 Å². The maximum atomic E-state index is 12.0. The van der Waals surface area contributed by atoms with Crippen molar-refractivity contribution in [3.63, 3.8) is 0 Å². The van der Waals surface area contributed by atoms with Crippen LogP contribution in [0.5, 0.6) is 0 Å². The first-order valence-electron chi connectivity index (χ1n) is 6.09. The van der Waals surface area contributed by atoms with E-state index in [1.807, 2.05) is 6.07 Å². The van der Waals surface area contributed by atoms with Crippen molar-refractivity contribution in [3.8, 4) is 6.07 Å². The Labute approximate surface area is 125 Å². The van der Waals surface area contributed by atoms with Gasteiger partial charge >= 0.3 is 0 Å². The molecule has 0 saturated heterocycles. The smallest absolute Gasteiger partial charge is 0.280 e. The van der Waals surface area contributed by atoms with Crippen LogP contribution in [0.3, 0.4) is 0 Å². The average Bonchev–Trinajstić information content (AvgIpc) is 2.98. The number of fused-ring (bicyclic) bond motifs is 1. The minimum atomic E-state index is -0.453. The number of furan rings is 1. The number of alkyl halides is 1. The van der Waals surface area contributed by atoms with Crippen LogP contribution in [0.4, 0.5) is 0 Å². The Morgan fingerprint density at radius 2 is 2.33 bits per heavy atom. The molecule has 102 valence electrons. The number of nitriles is 1. The lowest BCUT2D eigenvalue weighted by molar-refractivity contribution is -0.113. The molecule has 1 unspecified atom stereocenters. The number of carbonyl (C=O) groups excluding carboxylic acids is 1. The fraction of sp³-hybridized carbons (Fsp3) is 0.0667. The molecule has 0 aromatic carbocycles. The molecule has 3 rings (SSSR count). The van der Waals surface area contributed by atoms with Crippen LogP contribution in [0.15, 0.2) is 62.2 Å². The fourth-order valence-electron chi connectivity index (χ4n) is 1.93. The van der Waals surface area contributed by atoms with Gasteiger partial charge in [-0.3, -0.25) is 4.79 Å². The number of amides is 1. The number of aliphatic imine (C=N–C) groups is 2. The first-order valence-corrected chi connectivity index (χ1v) is 6.53. The summed E-state index contributed by atoms with van der Waals surface area (Å²) < 4.78 is 5.15. The van der Waals surface area contributed by atoms with E-state index in [9.17, 15) is 10.1 Å². The Morgan fingerprint density at radius 1 is 1.48 bits per heavy atom. The lowest BCUT2D eigenvalue weighted by atomic mass is 10.0. The number of amidine groups is 1. The molecule has 0 radical (unpaired) electrons. The number of hydrogen-bond donors (Lipinski definition) is 0. The van der Waals surface area contributed by atoms with Gasteiger partial charge in [0.05, 0.1) is 22.9 Å². The summed E-state index contributed by atoms with van der Waals surface area (Å²) in [6, 6.07) is 5.37. The van der Waals surface area contributed by atoms with Gasteiger partial charge in [-0.2, -0.15) is 10.3 Å². The number of allylic oxidation sites excluding steroid dienone is 3. The molecule has 2 heterocycles. The minimum Gasteiger partial charge on any atom is -0.465 e. The molecule has 1 aromatic heterocycles. The molecule has 0 fully saturated rings. The van der Waals surface area contributed by atoms with E-state index in [0.717, 1.165) is 0 Å². The number of carbonyl (C=O) groups is 1. The van der Waals surface area contributed by atoms with E-state index in [0.29, 0.717) is 17.0 Å². The summed E-state index contributed by atoms with van der Waals surface area (Å²) in [5.41, 5.74) is 0.977. The fourth-order valence-corrected chi connectivity index (χ4v) is 2.13. The van der Waals surface area contributed by atoms with Gasteiger partial charge in [-0.15, -0.1) is 11.6 Å². The van der Waals surface area contributed by atoms with Crippen LogP contribution in [0.1, 0.15) is 5.76 Å². The first kappa shape index (κ1) is 13.3. The van der Waals surface area contributed by atoms with Gasteiger partial charge in [0, 0.05) is 6.08 Å². The van der Waals surface area contributed by atoms with Gasteiger partial charge in [-0.05, 0) is 24.3 Å². The molecular formula is C15H8ClN3O2. The molecule has 1 amide bonds. The van der Waals surface area contributed by atoms with Crippen LogP contribution in [-0.4, -0.2) is 22.8 Å². The summed E-state index contributed by atoms with van der Waals surface area (Å²) in [4.78, 5) is 20.1. The number of hydrogen-bond acceptors (Lipinski definition) is 4. The van der Waals surface area contributed by atoms with Crippen LogP contribution in [0.25, 0.3) is 6.08 Å². The lowest BCUT2D eigenvalue weighted by Gasteiger charge is -2.15. The third kappa shape index (κ3) is 2.62. The van der Waals surface area contributed by atoms with E-state index in [2.05, 4.69) is 9.98 Å². The zero-order valence-corrected chi connectivity index (χ0v) is 11.4. The highest BCUT2D eigenvalue weighted by atomic mass is 35.5.